The van der Waals surface area contributed by atoms with Crippen molar-refractivity contribution in [2.75, 3.05) is 33.4 Å². The van der Waals surface area contributed by atoms with Gasteiger partial charge in [-0.2, -0.15) is 0 Å². The lowest BCUT2D eigenvalue weighted by molar-refractivity contribution is -0.165. The van der Waals surface area contributed by atoms with Gasteiger partial charge in [0.1, 0.15) is 5.60 Å². The van der Waals surface area contributed by atoms with Crippen molar-refractivity contribution >= 4 is 23.4 Å². The average Bonchev–Trinajstić information content (AvgIpc) is 2.49. The molecule has 1 atom stereocenters. The van der Waals surface area contributed by atoms with Crippen molar-refractivity contribution in [1.29, 1.82) is 0 Å². The summed E-state index contributed by atoms with van der Waals surface area (Å²) in [6.07, 6.45) is 0.218. The van der Waals surface area contributed by atoms with Gasteiger partial charge in [0.05, 0.1) is 32.6 Å². The lowest BCUT2D eigenvalue weighted by Crippen LogP contribution is -2.57. The van der Waals surface area contributed by atoms with Crippen LogP contribution < -0.4 is 5.73 Å². The van der Waals surface area contributed by atoms with Crippen LogP contribution in [0, 0.1) is 0 Å². The summed E-state index contributed by atoms with van der Waals surface area (Å²) in [4.78, 5) is 25.6. The first-order chi connectivity index (χ1) is 11.0. The minimum absolute atomic E-state index is 0.0106. The van der Waals surface area contributed by atoms with Crippen LogP contribution in [0.2, 0.25) is 5.02 Å². The third-order valence-electron chi connectivity index (χ3n) is 3.80. The third kappa shape index (κ3) is 4.67. The van der Waals surface area contributed by atoms with Crippen molar-refractivity contribution in [1.82, 2.24) is 4.90 Å². The fraction of sp³-hybridized carbons (Fsp3) is 0.500. The molecule has 6 nitrogen and oxygen atoms in total. The molecule has 2 amide bonds. The Labute approximate surface area is 140 Å². The lowest BCUT2D eigenvalue weighted by Gasteiger charge is -2.41. The Hall–Kier alpha value is -1.63. The first-order valence-electron chi connectivity index (χ1n) is 7.38. The fourth-order valence-electron chi connectivity index (χ4n) is 2.80. The summed E-state index contributed by atoms with van der Waals surface area (Å²) in [5.41, 5.74) is 5.20. The summed E-state index contributed by atoms with van der Waals surface area (Å²) >= 11 is 6.11. The second-order valence-electron chi connectivity index (χ2n) is 5.69. The molecule has 1 saturated heterocycles. The van der Waals surface area contributed by atoms with Crippen LogP contribution in [-0.4, -0.2) is 55.7 Å². The van der Waals surface area contributed by atoms with Crippen LogP contribution >= 0.6 is 11.6 Å². The van der Waals surface area contributed by atoms with Crippen molar-refractivity contribution in [3.8, 4) is 0 Å². The van der Waals surface area contributed by atoms with E-state index in [1.54, 1.807) is 11.0 Å². The van der Waals surface area contributed by atoms with Crippen molar-refractivity contribution in [3.05, 3.63) is 34.9 Å². The van der Waals surface area contributed by atoms with E-state index in [4.69, 9.17) is 26.8 Å². The summed E-state index contributed by atoms with van der Waals surface area (Å²) in [5, 5.41) is 0.564. The molecule has 7 heteroatoms. The summed E-state index contributed by atoms with van der Waals surface area (Å²) in [6.45, 7) is 1.28. The van der Waals surface area contributed by atoms with Gasteiger partial charge >= 0.3 is 0 Å². The van der Waals surface area contributed by atoms with Gasteiger partial charge in [0.2, 0.25) is 11.8 Å². The molecule has 0 spiro atoms. The summed E-state index contributed by atoms with van der Waals surface area (Å²) in [5.74, 6) is -0.547. The van der Waals surface area contributed by atoms with Gasteiger partial charge in [-0.05, 0) is 11.6 Å². The number of benzene rings is 1. The minimum atomic E-state index is -0.880. The number of hydrogen-bond acceptors (Lipinski definition) is 4. The van der Waals surface area contributed by atoms with Crippen LogP contribution in [0.15, 0.2) is 24.3 Å². The summed E-state index contributed by atoms with van der Waals surface area (Å²) in [6, 6.07) is 7.25. The smallest absolute Gasteiger partial charge is 0.227 e. The monoisotopic (exact) mass is 340 g/mol. The molecule has 1 aliphatic rings. The minimum Gasteiger partial charge on any atom is -0.382 e. The maximum atomic E-state index is 12.6. The molecule has 2 N–H and O–H groups in total. The molecule has 0 saturated carbocycles. The van der Waals surface area contributed by atoms with Gasteiger partial charge in [-0.25, -0.2) is 0 Å². The molecule has 1 aromatic rings. The number of methoxy groups -OCH3 is 1. The second kappa shape index (κ2) is 7.77. The Bertz CT molecular complexity index is 577. The van der Waals surface area contributed by atoms with E-state index < -0.39 is 11.5 Å². The number of rotatable bonds is 6. The molecule has 0 radical (unpaired) electrons. The van der Waals surface area contributed by atoms with Crippen LogP contribution in [0.5, 0.6) is 0 Å². The molecular formula is C16H21ClN2O4. The molecule has 2 rings (SSSR count). The van der Waals surface area contributed by atoms with E-state index in [2.05, 4.69) is 0 Å². The number of ether oxygens (including phenoxy) is 2. The van der Waals surface area contributed by atoms with Gasteiger partial charge in [-0.1, -0.05) is 29.8 Å². The highest BCUT2D eigenvalue weighted by atomic mass is 35.5. The SMILES string of the molecule is COC[C@@]1(CC(N)=O)CN(C(=O)Cc2ccccc2Cl)CCO1. The quantitative estimate of drug-likeness (QED) is 0.837. The lowest BCUT2D eigenvalue weighted by atomic mass is 9.97. The van der Waals surface area contributed by atoms with Gasteiger partial charge in [0.15, 0.2) is 0 Å². The number of primary amides is 1. The molecular weight excluding hydrogens is 320 g/mol. The zero-order valence-corrected chi connectivity index (χ0v) is 13.8. The van der Waals surface area contributed by atoms with Crippen molar-refractivity contribution in [2.45, 2.75) is 18.4 Å². The largest absolute Gasteiger partial charge is 0.382 e. The van der Waals surface area contributed by atoms with Crippen LogP contribution in [0.3, 0.4) is 0 Å². The highest BCUT2D eigenvalue weighted by Crippen LogP contribution is 2.24. The number of hydrogen-bond donors (Lipinski definition) is 1. The van der Waals surface area contributed by atoms with Gasteiger partial charge < -0.3 is 20.1 Å². The molecule has 0 bridgehead atoms. The van der Waals surface area contributed by atoms with Gasteiger partial charge in [0, 0.05) is 18.7 Å². The number of morpholine rings is 1. The highest BCUT2D eigenvalue weighted by Gasteiger charge is 2.40. The highest BCUT2D eigenvalue weighted by molar-refractivity contribution is 6.31. The van der Waals surface area contributed by atoms with Crippen molar-refractivity contribution in [2.24, 2.45) is 5.73 Å². The first-order valence-corrected chi connectivity index (χ1v) is 7.76. The van der Waals surface area contributed by atoms with Crippen LogP contribution in [-0.2, 0) is 25.5 Å². The van der Waals surface area contributed by atoms with E-state index in [0.29, 0.717) is 18.2 Å². The standard InChI is InChI=1S/C16H21ClN2O4/c1-22-11-16(9-14(18)20)10-19(6-7-23-16)15(21)8-12-4-2-3-5-13(12)17/h2-5H,6-11H2,1H3,(H2,18,20)/t16-/m1/s1. The Morgan fingerprint density at radius 2 is 2.17 bits per heavy atom. The maximum absolute atomic E-state index is 12.6. The number of carbonyl (C=O) groups is 2. The Morgan fingerprint density at radius 1 is 1.43 bits per heavy atom. The molecule has 126 valence electrons. The van der Waals surface area contributed by atoms with Crippen molar-refractivity contribution < 1.29 is 19.1 Å². The van der Waals surface area contributed by atoms with E-state index in [1.165, 1.54) is 7.11 Å². The Morgan fingerprint density at radius 3 is 2.83 bits per heavy atom. The molecule has 0 aliphatic carbocycles. The number of carbonyl (C=O) groups excluding carboxylic acids is 2. The maximum Gasteiger partial charge on any atom is 0.227 e. The second-order valence-corrected chi connectivity index (χ2v) is 6.10. The van der Waals surface area contributed by atoms with E-state index in [0.717, 1.165) is 5.56 Å². The van der Waals surface area contributed by atoms with Crippen LogP contribution in [0.4, 0.5) is 0 Å². The Balaban J connectivity index is 2.08. The molecule has 1 aliphatic heterocycles. The number of halogens is 1. The Kier molecular flexibility index (Phi) is 5.98. The van der Waals surface area contributed by atoms with E-state index in [-0.39, 0.29) is 31.9 Å². The normalized spacial score (nSPS) is 21.2. The molecule has 0 unspecified atom stereocenters. The van der Waals surface area contributed by atoms with Gasteiger partial charge in [0.25, 0.3) is 0 Å². The molecule has 1 fully saturated rings. The molecule has 1 heterocycles. The molecule has 0 aromatic heterocycles. The van der Waals surface area contributed by atoms with E-state index in [9.17, 15) is 9.59 Å². The van der Waals surface area contributed by atoms with Gasteiger partial charge in [-0.3, -0.25) is 9.59 Å². The fourth-order valence-corrected chi connectivity index (χ4v) is 3.00. The van der Waals surface area contributed by atoms with Gasteiger partial charge in [-0.15, -0.1) is 0 Å². The number of amides is 2. The third-order valence-corrected chi connectivity index (χ3v) is 4.17. The molecule has 1 aromatic carbocycles. The average molecular weight is 341 g/mol. The van der Waals surface area contributed by atoms with Crippen molar-refractivity contribution in [3.63, 3.8) is 0 Å². The first kappa shape index (κ1) is 17.7. The zero-order chi connectivity index (χ0) is 16.9. The number of nitrogens with zero attached hydrogens (tertiary/aromatic N) is 1. The number of nitrogens with two attached hydrogens (primary N) is 1. The predicted molar refractivity (Wildman–Crippen MR) is 86.1 cm³/mol. The summed E-state index contributed by atoms with van der Waals surface area (Å²) < 4.78 is 10.9. The topological polar surface area (TPSA) is 81.9 Å². The van der Waals surface area contributed by atoms with E-state index >= 15 is 0 Å². The van der Waals surface area contributed by atoms with Crippen LogP contribution in [0.25, 0.3) is 0 Å². The predicted octanol–water partition coefficient (Wildman–Crippen LogP) is 1.00. The van der Waals surface area contributed by atoms with Crippen LogP contribution in [0.1, 0.15) is 12.0 Å². The molecule has 23 heavy (non-hydrogen) atoms. The summed E-state index contributed by atoms with van der Waals surface area (Å²) in [7, 11) is 1.52. The zero-order valence-electron chi connectivity index (χ0n) is 13.1. The van der Waals surface area contributed by atoms with E-state index in [1.807, 2.05) is 18.2 Å².